The number of carbonyl (C=O) groups is 1. The van der Waals surface area contributed by atoms with Gasteiger partial charge in [0.05, 0.1) is 6.61 Å². The van der Waals surface area contributed by atoms with Crippen LogP contribution in [0.25, 0.3) is 0 Å². The number of hydrogen-bond acceptors (Lipinski definition) is 4. The number of nitrogens with two attached hydrogens (primary N) is 1. The highest BCUT2D eigenvalue weighted by Gasteiger charge is 2.17. The number of hydrogen-bond donors (Lipinski definition) is 3. The molecule has 1 aromatic carbocycles. The first kappa shape index (κ1) is 14.5. The molecule has 0 aliphatic rings. The van der Waals surface area contributed by atoms with Gasteiger partial charge in [0, 0.05) is 11.6 Å². The van der Waals surface area contributed by atoms with Gasteiger partial charge in [0.2, 0.25) is 5.91 Å². The number of benzene rings is 1. The summed E-state index contributed by atoms with van der Waals surface area (Å²) in [6.07, 6.45) is 0. The molecule has 1 atom stereocenters. The summed E-state index contributed by atoms with van der Waals surface area (Å²) < 4.78 is 5.53. The van der Waals surface area contributed by atoms with Crippen LogP contribution in [0, 0.1) is 0 Å². The predicted octanol–water partition coefficient (Wildman–Crippen LogP) is 0.410. The van der Waals surface area contributed by atoms with Crippen molar-refractivity contribution >= 4 is 5.91 Å². The largest absolute Gasteiger partial charge is 0.491 e. The lowest BCUT2D eigenvalue weighted by atomic mass is 10.2. The summed E-state index contributed by atoms with van der Waals surface area (Å²) in [5.41, 5.74) is 5.97. The van der Waals surface area contributed by atoms with Crippen LogP contribution in [0.5, 0.6) is 5.75 Å². The van der Waals surface area contributed by atoms with Crippen molar-refractivity contribution in [1.82, 2.24) is 5.32 Å². The third kappa shape index (κ3) is 4.35. The zero-order chi connectivity index (χ0) is 13.5. The average Bonchev–Trinajstić information content (AvgIpc) is 2.34. The van der Waals surface area contributed by atoms with E-state index in [9.17, 15) is 4.79 Å². The topological polar surface area (TPSA) is 84.6 Å². The fraction of sp³-hybridized carbons (Fsp3) is 0.462. The molecule has 1 aromatic rings. The van der Waals surface area contributed by atoms with Crippen LogP contribution in [-0.2, 0) is 11.4 Å². The molecule has 0 heterocycles. The molecule has 0 aliphatic heterocycles. The molecule has 0 fully saturated rings. The summed E-state index contributed by atoms with van der Waals surface area (Å²) in [5.74, 6) is 0.113. The van der Waals surface area contributed by atoms with E-state index in [-0.39, 0.29) is 19.3 Å². The van der Waals surface area contributed by atoms with Gasteiger partial charge >= 0.3 is 0 Å². The van der Waals surface area contributed by atoms with Crippen molar-refractivity contribution in [3.05, 3.63) is 29.8 Å². The van der Waals surface area contributed by atoms with Crippen LogP contribution in [0.15, 0.2) is 24.3 Å². The fourth-order valence-corrected chi connectivity index (χ4v) is 1.56. The Bertz CT molecular complexity index is 394. The number of carbonyl (C=O) groups excluding carboxylic acids is 1. The molecule has 18 heavy (non-hydrogen) atoms. The number of rotatable bonds is 7. The smallest absolute Gasteiger partial charge is 0.238 e. The monoisotopic (exact) mass is 252 g/mol. The minimum absolute atomic E-state index is 0.102. The maximum absolute atomic E-state index is 11.2. The molecule has 0 aromatic heterocycles. The molecule has 0 bridgehead atoms. The molecular weight excluding hydrogens is 232 g/mol. The van der Waals surface area contributed by atoms with Crippen LogP contribution in [0.4, 0.5) is 0 Å². The lowest BCUT2D eigenvalue weighted by Crippen LogP contribution is -2.48. The van der Waals surface area contributed by atoms with Gasteiger partial charge in [-0.25, -0.2) is 0 Å². The lowest BCUT2D eigenvalue weighted by molar-refractivity contribution is -0.120. The highest BCUT2D eigenvalue weighted by molar-refractivity contribution is 5.80. The zero-order valence-corrected chi connectivity index (χ0v) is 10.7. The number of para-hydroxylation sites is 1. The van der Waals surface area contributed by atoms with Crippen LogP contribution < -0.4 is 15.8 Å². The Morgan fingerprint density at radius 2 is 2.11 bits per heavy atom. The first-order valence-corrected chi connectivity index (χ1v) is 5.91. The van der Waals surface area contributed by atoms with E-state index in [1.165, 1.54) is 0 Å². The summed E-state index contributed by atoms with van der Waals surface area (Å²) in [6.45, 7) is 3.90. The molecule has 4 N–H and O–H groups in total. The van der Waals surface area contributed by atoms with Crippen LogP contribution in [-0.4, -0.2) is 29.7 Å². The van der Waals surface area contributed by atoms with Crippen molar-refractivity contribution < 1.29 is 14.6 Å². The number of nitrogens with one attached hydrogen (secondary N) is 1. The van der Waals surface area contributed by atoms with Gasteiger partial charge in [-0.3, -0.25) is 4.79 Å². The molecule has 5 nitrogen and oxygen atoms in total. The van der Waals surface area contributed by atoms with Gasteiger partial charge < -0.3 is 20.9 Å². The standard InChI is InChI=1S/C13H20N2O3/c1-9(2)15-11(13(14)17)8-18-12-6-4-3-5-10(12)7-16/h3-6,9,11,15-16H,7-8H2,1-2H3,(H2,14,17). The van der Waals surface area contributed by atoms with Crippen molar-refractivity contribution in [3.63, 3.8) is 0 Å². The second-order valence-corrected chi connectivity index (χ2v) is 4.35. The van der Waals surface area contributed by atoms with E-state index in [4.69, 9.17) is 15.6 Å². The minimum Gasteiger partial charge on any atom is -0.491 e. The van der Waals surface area contributed by atoms with Crippen molar-refractivity contribution in [2.75, 3.05) is 6.61 Å². The quantitative estimate of drug-likeness (QED) is 0.656. The molecule has 1 rings (SSSR count). The van der Waals surface area contributed by atoms with E-state index in [1.807, 2.05) is 26.0 Å². The summed E-state index contributed by atoms with van der Waals surface area (Å²) in [5, 5.41) is 12.2. The molecule has 0 saturated heterocycles. The van der Waals surface area contributed by atoms with Crippen molar-refractivity contribution in [1.29, 1.82) is 0 Å². The Balaban J connectivity index is 2.64. The van der Waals surface area contributed by atoms with Crippen LogP contribution >= 0.6 is 0 Å². The average molecular weight is 252 g/mol. The highest BCUT2D eigenvalue weighted by Crippen LogP contribution is 2.17. The molecule has 1 unspecified atom stereocenters. The first-order valence-electron chi connectivity index (χ1n) is 5.91. The number of aliphatic hydroxyl groups excluding tert-OH is 1. The van der Waals surface area contributed by atoms with Crippen molar-refractivity contribution in [3.8, 4) is 5.75 Å². The SMILES string of the molecule is CC(C)NC(COc1ccccc1CO)C(N)=O. The van der Waals surface area contributed by atoms with E-state index in [2.05, 4.69) is 5.32 Å². The van der Waals surface area contributed by atoms with Gasteiger partial charge in [-0.1, -0.05) is 32.0 Å². The molecular formula is C13H20N2O3. The second kappa shape index (κ2) is 6.98. The zero-order valence-electron chi connectivity index (χ0n) is 10.7. The van der Waals surface area contributed by atoms with Crippen molar-refractivity contribution in [2.24, 2.45) is 5.73 Å². The summed E-state index contributed by atoms with van der Waals surface area (Å²) in [4.78, 5) is 11.2. The van der Waals surface area contributed by atoms with E-state index in [1.54, 1.807) is 12.1 Å². The minimum atomic E-state index is -0.545. The van der Waals surface area contributed by atoms with Gasteiger partial charge in [-0.15, -0.1) is 0 Å². The Kier molecular flexibility index (Phi) is 5.61. The van der Waals surface area contributed by atoms with E-state index in [0.29, 0.717) is 11.3 Å². The molecule has 5 heteroatoms. The maximum atomic E-state index is 11.2. The number of aliphatic hydroxyl groups is 1. The van der Waals surface area contributed by atoms with Crippen LogP contribution in [0.1, 0.15) is 19.4 Å². The second-order valence-electron chi connectivity index (χ2n) is 4.35. The third-order valence-electron chi connectivity index (χ3n) is 2.43. The molecule has 1 amide bonds. The molecule has 0 saturated carbocycles. The highest BCUT2D eigenvalue weighted by atomic mass is 16.5. The Labute approximate surface area is 107 Å². The van der Waals surface area contributed by atoms with Gasteiger partial charge in [-0.05, 0) is 6.07 Å². The first-order chi connectivity index (χ1) is 8.54. The fourth-order valence-electron chi connectivity index (χ4n) is 1.56. The van der Waals surface area contributed by atoms with E-state index >= 15 is 0 Å². The summed E-state index contributed by atoms with van der Waals surface area (Å²) in [6, 6.07) is 6.74. The predicted molar refractivity (Wildman–Crippen MR) is 69.1 cm³/mol. The van der Waals surface area contributed by atoms with E-state index in [0.717, 1.165) is 0 Å². The normalized spacial score (nSPS) is 12.4. The summed E-state index contributed by atoms with van der Waals surface area (Å²) in [7, 11) is 0. The molecule has 0 radical (unpaired) electrons. The number of primary amides is 1. The van der Waals surface area contributed by atoms with Crippen molar-refractivity contribution in [2.45, 2.75) is 32.5 Å². The summed E-state index contributed by atoms with van der Waals surface area (Å²) >= 11 is 0. The Hall–Kier alpha value is -1.59. The number of amides is 1. The van der Waals surface area contributed by atoms with Gasteiger partial charge in [0.1, 0.15) is 18.4 Å². The number of ether oxygens (including phenoxy) is 1. The molecule has 0 spiro atoms. The third-order valence-corrected chi connectivity index (χ3v) is 2.43. The van der Waals surface area contributed by atoms with Crippen LogP contribution in [0.3, 0.4) is 0 Å². The molecule has 0 aliphatic carbocycles. The molecule has 100 valence electrons. The van der Waals surface area contributed by atoms with E-state index < -0.39 is 11.9 Å². The van der Waals surface area contributed by atoms with Gasteiger partial charge in [0.15, 0.2) is 0 Å². The van der Waals surface area contributed by atoms with Gasteiger partial charge in [0.25, 0.3) is 0 Å². The van der Waals surface area contributed by atoms with Crippen LogP contribution in [0.2, 0.25) is 0 Å². The Morgan fingerprint density at radius 1 is 1.44 bits per heavy atom. The lowest BCUT2D eigenvalue weighted by Gasteiger charge is -2.19. The maximum Gasteiger partial charge on any atom is 0.238 e. The Morgan fingerprint density at radius 3 is 2.67 bits per heavy atom. The van der Waals surface area contributed by atoms with Gasteiger partial charge in [-0.2, -0.15) is 0 Å².